The first kappa shape index (κ1) is 11.5. The number of methoxy groups -OCH3 is 1. The van der Waals surface area contributed by atoms with E-state index < -0.39 is 0 Å². The second-order valence-corrected chi connectivity index (χ2v) is 4.17. The van der Waals surface area contributed by atoms with E-state index in [0.29, 0.717) is 25.7 Å². The molecule has 0 spiro atoms. The molecule has 5 heteroatoms. The maximum Gasteiger partial charge on any atom is 0.153 e. The Morgan fingerprint density at radius 3 is 2.88 bits per heavy atom. The average Bonchev–Trinajstić information content (AvgIpc) is 2.94. The van der Waals surface area contributed by atoms with Crippen LogP contribution in [0, 0.1) is 0 Å². The summed E-state index contributed by atoms with van der Waals surface area (Å²) in [5.74, 6) is 2.34. The minimum Gasteiger partial charge on any atom is -0.382 e. The largest absolute Gasteiger partial charge is 0.382 e. The fourth-order valence-electron chi connectivity index (χ4n) is 2.05. The number of hydrogen-bond donors (Lipinski definition) is 1. The van der Waals surface area contributed by atoms with Crippen molar-refractivity contribution in [3.8, 4) is 0 Å². The van der Waals surface area contributed by atoms with Crippen molar-refractivity contribution in [2.75, 3.05) is 20.3 Å². The number of aromatic nitrogens is 3. The van der Waals surface area contributed by atoms with Crippen molar-refractivity contribution in [2.45, 2.75) is 38.2 Å². The van der Waals surface area contributed by atoms with Crippen LogP contribution in [0.3, 0.4) is 0 Å². The molecular formula is C11H19N3O2. The first-order valence-electron chi connectivity index (χ1n) is 5.88. The first-order chi connectivity index (χ1) is 7.90. The van der Waals surface area contributed by atoms with Crippen LogP contribution in [0.5, 0.6) is 0 Å². The number of nitrogens with one attached hydrogen (secondary N) is 1. The summed E-state index contributed by atoms with van der Waals surface area (Å²) >= 11 is 0. The molecule has 0 atom stereocenters. The van der Waals surface area contributed by atoms with Crippen LogP contribution in [-0.2, 0) is 16.1 Å². The molecule has 0 unspecified atom stereocenters. The summed E-state index contributed by atoms with van der Waals surface area (Å²) in [5, 5.41) is 7.18. The van der Waals surface area contributed by atoms with Crippen LogP contribution in [0.2, 0.25) is 0 Å². The van der Waals surface area contributed by atoms with Crippen LogP contribution in [0.15, 0.2) is 0 Å². The lowest BCUT2D eigenvalue weighted by Crippen LogP contribution is -2.03. The fourth-order valence-corrected chi connectivity index (χ4v) is 2.05. The van der Waals surface area contributed by atoms with Crippen LogP contribution in [0.4, 0.5) is 0 Å². The van der Waals surface area contributed by atoms with Gasteiger partial charge in [-0.25, -0.2) is 4.98 Å². The van der Waals surface area contributed by atoms with Gasteiger partial charge in [-0.2, -0.15) is 5.10 Å². The van der Waals surface area contributed by atoms with E-state index in [-0.39, 0.29) is 0 Å². The van der Waals surface area contributed by atoms with Gasteiger partial charge in [0.1, 0.15) is 6.61 Å². The smallest absolute Gasteiger partial charge is 0.153 e. The third kappa shape index (κ3) is 3.02. The normalized spacial score (nSPS) is 17.1. The third-order valence-corrected chi connectivity index (χ3v) is 2.94. The Morgan fingerprint density at radius 1 is 1.31 bits per heavy atom. The van der Waals surface area contributed by atoms with Gasteiger partial charge in [-0.05, 0) is 12.8 Å². The number of aromatic amines is 1. The van der Waals surface area contributed by atoms with E-state index in [1.165, 1.54) is 25.7 Å². The number of rotatable bonds is 6. The van der Waals surface area contributed by atoms with Crippen LogP contribution in [0.25, 0.3) is 0 Å². The second kappa shape index (κ2) is 5.96. The summed E-state index contributed by atoms with van der Waals surface area (Å²) in [6.45, 7) is 1.70. The van der Waals surface area contributed by atoms with Crippen molar-refractivity contribution in [2.24, 2.45) is 0 Å². The van der Waals surface area contributed by atoms with Crippen molar-refractivity contribution < 1.29 is 9.47 Å². The number of ether oxygens (including phenoxy) is 2. The Kier molecular flexibility index (Phi) is 4.30. The van der Waals surface area contributed by atoms with Crippen molar-refractivity contribution in [3.05, 3.63) is 11.6 Å². The van der Waals surface area contributed by atoms with Gasteiger partial charge in [0, 0.05) is 13.0 Å². The van der Waals surface area contributed by atoms with Crippen molar-refractivity contribution in [1.29, 1.82) is 0 Å². The molecule has 1 aromatic heterocycles. The summed E-state index contributed by atoms with van der Waals surface area (Å²) in [4.78, 5) is 4.46. The highest BCUT2D eigenvalue weighted by atomic mass is 16.5. The third-order valence-electron chi connectivity index (χ3n) is 2.94. The van der Waals surface area contributed by atoms with Crippen molar-refractivity contribution >= 4 is 0 Å². The lowest BCUT2D eigenvalue weighted by atomic mass is 10.1. The number of H-pyrrole nitrogens is 1. The van der Waals surface area contributed by atoms with Gasteiger partial charge in [0.2, 0.25) is 0 Å². The van der Waals surface area contributed by atoms with Gasteiger partial charge in [0.05, 0.1) is 13.2 Å². The van der Waals surface area contributed by atoms with Gasteiger partial charge >= 0.3 is 0 Å². The molecule has 1 aliphatic rings. The van der Waals surface area contributed by atoms with Gasteiger partial charge in [-0.3, -0.25) is 5.10 Å². The van der Waals surface area contributed by atoms with E-state index in [9.17, 15) is 0 Å². The maximum absolute atomic E-state index is 5.38. The molecule has 1 aliphatic carbocycles. The zero-order valence-corrected chi connectivity index (χ0v) is 9.74. The predicted molar refractivity (Wildman–Crippen MR) is 59.1 cm³/mol. The molecule has 0 aromatic carbocycles. The van der Waals surface area contributed by atoms with E-state index in [2.05, 4.69) is 15.2 Å². The molecule has 1 N–H and O–H groups in total. The van der Waals surface area contributed by atoms with Crippen LogP contribution in [-0.4, -0.2) is 35.5 Å². The Labute approximate surface area is 95.6 Å². The molecule has 2 rings (SSSR count). The van der Waals surface area contributed by atoms with Crippen LogP contribution < -0.4 is 0 Å². The van der Waals surface area contributed by atoms with Crippen molar-refractivity contribution in [1.82, 2.24) is 15.2 Å². The Balaban J connectivity index is 1.77. The molecule has 5 nitrogen and oxygen atoms in total. The lowest BCUT2D eigenvalue weighted by Gasteiger charge is -2.01. The zero-order chi connectivity index (χ0) is 11.2. The molecule has 0 saturated heterocycles. The highest BCUT2D eigenvalue weighted by molar-refractivity contribution is 4.99. The summed E-state index contributed by atoms with van der Waals surface area (Å²) in [6.07, 6.45) is 5.06. The molecule has 1 saturated carbocycles. The molecule has 0 aliphatic heterocycles. The van der Waals surface area contributed by atoms with Gasteiger partial charge in [0.15, 0.2) is 11.6 Å². The van der Waals surface area contributed by atoms with E-state index in [1.54, 1.807) is 7.11 Å². The zero-order valence-electron chi connectivity index (χ0n) is 9.74. The summed E-state index contributed by atoms with van der Waals surface area (Å²) in [5.41, 5.74) is 0. The predicted octanol–water partition coefficient (Wildman–Crippen LogP) is 1.63. The second-order valence-electron chi connectivity index (χ2n) is 4.17. The topological polar surface area (TPSA) is 60.0 Å². The van der Waals surface area contributed by atoms with E-state index in [1.807, 2.05) is 0 Å². The Bertz CT molecular complexity index is 308. The Morgan fingerprint density at radius 2 is 2.12 bits per heavy atom. The minimum absolute atomic E-state index is 0.489. The molecule has 1 heterocycles. The lowest BCUT2D eigenvalue weighted by molar-refractivity contribution is 0.0587. The molecule has 16 heavy (non-hydrogen) atoms. The minimum atomic E-state index is 0.489. The Hall–Kier alpha value is -0.940. The first-order valence-corrected chi connectivity index (χ1v) is 5.88. The summed E-state index contributed by atoms with van der Waals surface area (Å²) in [6, 6.07) is 0. The molecule has 0 bridgehead atoms. The van der Waals surface area contributed by atoms with E-state index in [4.69, 9.17) is 9.47 Å². The highest BCUT2D eigenvalue weighted by Crippen LogP contribution is 2.31. The molecule has 0 radical (unpaired) electrons. The van der Waals surface area contributed by atoms with Gasteiger partial charge in [0.25, 0.3) is 0 Å². The average molecular weight is 225 g/mol. The van der Waals surface area contributed by atoms with Gasteiger partial charge < -0.3 is 9.47 Å². The quantitative estimate of drug-likeness (QED) is 0.747. The van der Waals surface area contributed by atoms with E-state index in [0.717, 1.165) is 11.6 Å². The maximum atomic E-state index is 5.38. The molecule has 90 valence electrons. The number of nitrogens with zero attached hydrogens (tertiary/aromatic N) is 2. The summed E-state index contributed by atoms with van der Waals surface area (Å²) in [7, 11) is 1.66. The summed E-state index contributed by atoms with van der Waals surface area (Å²) < 4.78 is 10.3. The van der Waals surface area contributed by atoms with Crippen LogP contribution >= 0.6 is 0 Å². The molecule has 1 fully saturated rings. The molecular weight excluding hydrogens is 206 g/mol. The molecule has 0 amide bonds. The highest BCUT2D eigenvalue weighted by Gasteiger charge is 2.20. The molecule has 1 aromatic rings. The van der Waals surface area contributed by atoms with Crippen LogP contribution in [0.1, 0.15) is 43.3 Å². The fraction of sp³-hybridized carbons (Fsp3) is 0.818. The van der Waals surface area contributed by atoms with E-state index >= 15 is 0 Å². The SMILES string of the molecule is COCCOCc1nc(C2CCCC2)n[nH]1. The number of hydrogen-bond acceptors (Lipinski definition) is 4. The van der Waals surface area contributed by atoms with Gasteiger partial charge in [-0.15, -0.1) is 0 Å². The monoisotopic (exact) mass is 225 g/mol. The standard InChI is InChI=1S/C11H19N3O2/c1-15-6-7-16-8-10-12-11(14-13-10)9-4-2-3-5-9/h9H,2-8H2,1H3,(H,12,13,14). The van der Waals surface area contributed by atoms with Gasteiger partial charge in [-0.1, -0.05) is 12.8 Å². The van der Waals surface area contributed by atoms with Crippen molar-refractivity contribution in [3.63, 3.8) is 0 Å².